The van der Waals surface area contributed by atoms with Gasteiger partial charge in [-0.1, -0.05) is 0 Å². The Morgan fingerprint density at radius 2 is 1.95 bits per heavy atom. The van der Waals surface area contributed by atoms with Gasteiger partial charge in [-0.3, -0.25) is 4.99 Å². The van der Waals surface area contributed by atoms with Gasteiger partial charge >= 0.3 is 0 Å². The molecule has 1 saturated heterocycles. The molecule has 0 bridgehead atoms. The van der Waals surface area contributed by atoms with E-state index in [4.69, 9.17) is 4.74 Å². The van der Waals surface area contributed by atoms with Crippen molar-refractivity contribution in [2.45, 2.75) is 19.4 Å². The van der Waals surface area contributed by atoms with Crippen LogP contribution in [0.15, 0.2) is 4.99 Å². The highest BCUT2D eigenvalue weighted by Crippen LogP contribution is 2.13. The van der Waals surface area contributed by atoms with Gasteiger partial charge in [0.05, 0.1) is 11.4 Å². The first-order valence-electron chi connectivity index (χ1n) is 7.36. The van der Waals surface area contributed by atoms with Gasteiger partial charge in [-0.15, -0.1) is 0 Å². The monoisotopic (exact) mass is 352 g/mol. The Hall–Kier alpha value is -0.510. The van der Waals surface area contributed by atoms with Gasteiger partial charge in [-0.25, -0.2) is 12.7 Å². The Balaban J connectivity index is 2.37. The van der Waals surface area contributed by atoms with Crippen molar-refractivity contribution in [3.63, 3.8) is 0 Å². The molecular formula is C13H28N4O3S2. The zero-order chi connectivity index (χ0) is 16.6. The molecule has 0 amide bonds. The minimum Gasteiger partial charge on any atom is -0.377 e. The van der Waals surface area contributed by atoms with E-state index in [2.05, 4.69) is 15.6 Å². The second-order valence-corrected chi connectivity index (χ2v) is 8.96. The normalized spacial score (nSPS) is 18.3. The lowest BCUT2D eigenvalue weighted by atomic mass is 10.1. The van der Waals surface area contributed by atoms with Gasteiger partial charge in [-0.2, -0.15) is 11.8 Å². The molecule has 0 aromatic rings. The third-order valence-electron chi connectivity index (χ3n) is 3.47. The Kier molecular flexibility index (Phi) is 7.95. The number of sulfonamides is 1. The Morgan fingerprint density at radius 1 is 1.32 bits per heavy atom. The predicted molar refractivity (Wildman–Crippen MR) is 93.1 cm³/mol. The van der Waals surface area contributed by atoms with Gasteiger partial charge in [0.25, 0.3) is 0 Å². The topological polar surface area (TPSA) is 83.0 Å². The molecule has 0 radical (unpaired) electrons. The van der Waals surface area contributed by atoms with Crippen LogP contribution in [0.1, 0.15) is 13.8 Å². The van der Waals surface area contributed by atoms with Crippen molar-refractivity contribution in [1.82, 2.24) is 14.9 Å². The molecule has 9 heteroatoms. The van der Waals surface area contributed by atoms with Crippen LogP contribution in [0.25, 0.3) is 0 Å². The van der Waals surface area contributed by atoms with E-state index in [9.17, 15) is 8.42 Å². The first kappa shape index (κ1) is 19.5. The Morgan fingerprint density at radius 3 is 2.50 bits per heavy atom. The zero-order valence-corrected chi connectivity index (χ0v) is 15.5. The molecule has 1 fully saturated rings. The summed E-state index contributed by atoms with van der Waals surface area (Å²) >= 11 is 1.80. The number of ether oxygens (including phenoxy) is 1. The van der Waals surface area contributed by atoms with Gasteiger partial charge in [0, 0.05) is 51.8 Å². The predicted octanol–water partition coefficient (Wildman–Crippen LogP) is -0.0450. The molecule has 0 spiro atoms. The van der Waals surface area contributed by atoms with Gasteiger partial charge in [0.2, 0.25) is 10.0 Å². The van der Waals surface area contributed by atoms with Gasteiger partial charge in [0.1, 0.15) is 0 Å². The van der Waals surface area contributed by atoms with Crippen molar-refractivity contribution in [1.29, 1.82) is 0 Å². The molecule has 0 aromatic heterocycles. The first-order chi connectivity index (χ1) is 10.3. The standard InChI is InChI=1S/C13H28N4O3S2/c1-13(2,20-4)11-16-12(14-3)15-5-10-22(18,19)17-6-8-21-9-7-17/h5-11H2,1-4H3,(H2,14,15,16). The fraction of sp³-hybridized carbons (Fsp3) is 0.923. The van der Waals surface area contributed by atoms with E-state index in [0.717, 1.165) is 11.5 Å². The second-order valence-electron chi connectivity index (χ2n) is 5.64. The first-order valence-corrected chi connectivity index (χ1v) is 10.1. The number of methoxy groups -OCH3 is 1. The number of hydrogen-bond donors (Lipinski definition) is 2. The van der Waals surface area contributed by atoms with E-state index in [1.165, 1.54) is 0 Å². The number of nitrogens with one attached hydrogen (secondary N) is 2. The number of hydrogen-bond acceptors (Lipinski definition) is 5. The second kappa shape index (κ2) is 8.95. The number of guanidine groups is 1. The van der Waals surface area contributed by atoms with E-state index in [-0.39, 0.29) is 11.4 Å². The van der Waals surface area contributed by atoms with E-state index in [0.29, 0.717) is 32.1 Å². The van der Waals surface area contributed by atoms with Crippen LogP contribution in [0.4, 0.5) is 0 Å². The molecule has 130 valence electrons. The van der Waals surface area contributed by atoms with Gasteiger partial charge in [0.15, 0.2) is 5.96 Å². The average molecular weight is 353 g/mol. The lowest BCUT2D eigenvalue weighted by molar-refractivity contribution is 0.0268. The van der Waals surface area contributed by atoms with Crippen molar-refractivity contribution in [2.75, 3.05) is 57.6 Å². The van der Waals surface area contributed by atoms with Crippen LogP contribution in [0.5, 0.6) is 0 Å². The van der Waals surface area contributed by atoms with Crippen molar-refractivity contribution in [3.05, 3.63) is 0 Å². The van der Waals surface area contributed by atoms with Crippen molar-refractivity contribution < 1.29 is 13.2 Å². The van der Waals surface area contributed by atoms with E-state index in [1.54, 1.807) is 30.2 Å². The summed E-state index contributed by atoms with van der Waals surface area (Å²) in [5, 5.41) is 6.16. The number of aliphatic imine (C=N–C) groups is 1. The van der Waals surface area contributed by atoms with Crippen molar-refractivity contribution in [3.8, 4) is 0 Å². The summed E-state index contributed by atoms with van der Waals surface area (Å²) in [5.41, 5.74) is -0.310. The largest absolute Gasteiger partial charge is 0.377 e. The molecule has 0 aromatic carbocycles. The fourth-order valence-electron chi connectivity index (χ4n) is 1.84. The molecule has 1 aliphatic heterocycles. The number of rotatable bonds is 7. The summed E-state index contributed by atoms with van der Waals surface area (Å²) in [5.74, 6) is 2.41. The van der Waals surface area contributed by atoms with Gasteiger partial charge in [-0.05, 0) is 13.8 Å². The molecule has 1 rings (SSSR count). The maximum absolute atomic E-state index is 12.2. The SMILES string of the molecule is CN=C(NCCS(=O)(=O)N1CCSCC1)NCC(C)(C)OC. The smallest absolute Gasteiger partial charge is 0.215 e. The van der Waals surface area contributed by atoms with Crippen LogP contribution in [-0.2, 0) is 14.8 Å². The molecule has 1 aliphatic rings. The van der Waals surface area contributed by atoms with Crippen LogP contribution in [0.2, 0.25) is 0 Å². The molecule has 0 unspecified atom stereocenters. The zero-order valence-electron chi connectivity index (χ0n) is 13.9. The molecule has 0 aliphatic carbocycles. The number of nitrogens with zero attached hydrogens (tertiary/aromatic N) is 2. The maximum atomic E-state index is 12.2. The van der Waals surface area contributed by atoms with E-state index < -0.39 is 10.0 Å². The molecule has 2 N–H and O–H groups in total. The van der Waals surface area contributed by atoms with E-state index >= 15 is 0 Å². The van der Waals surface area contributed by atoms with Crippen molar-refractivity contribution in [2.24, 2.45) is 4.99 Å². The Labute approximate surface area is 138 Å². The van der Waals surface area contributed by atoms with Gasteiger partial charge < -0.3 is 15.4 Å². The minimum absolute atomic E-state index is 0.0754. The molecule has 0 atom stereocenters. The lowest BCUT2D eigenvalue weighted by Crippen LogP contribution is -2.47. The lowest BCUT2D eigenvalue weighted by Gasteiger charge is -2.26. The maximum Gasteiger partial charge on any atom is 0.215 e. The van der Waals surface area contributed by atoms with E-state index in [1.807, 2.05) is 13.8 Å². The third kappa shape index (κ3) is 6.72. The summed E-state index contributed by atoms with van der Waals surface area (Å²) in [4.78, 5) is 4.08. The fourth-order valence-corrected chi connectivity index (χ4v) is 4.33. The van der Waals surface area contributed by atoms with Crippen LogP contribution in [-0.4, -0.2) is 81.9 Å². The van der Waals surface area contributed by atoms with Crippen LogP contribution in [0, 0.1) is 0 Å². The summed E-state index contributed by atoms with van der Waals surface area (Å²) in [6.07, 6.45) is 0. The summed E-state index contributed by atoms with van der Waals surface area (Å²) in [6.45, 7) is 6.07. The van der Waals surface area contributed by atoms with Crippen LogP contribution < -0.4 is 10.6 Å². The number of thioether (sulfide) groups is 1. The van der Waals surface area contributed by atoms with Crippen molar-refractivity contribution >= 4 is 27.7 Å². The molecule has 22 heavy (non-hydrogen) atoms. The third-order valence-corrected chi connectivity index (χ3v) is 6.29. The minimum atomic E-state index is -3.19. The highest BCUT2D eigenvalue weighted by Gasteiger charge is 2.23. The average Bonchev–Trinajstić information content (AvgIpc) is 2.51. The van der Waals surface area contributed by atoms with Crippen LogP contribution in [0.3, 0.4) is 0 Å². The molecule has 0 saturated carbocycles. The quantitative estimate of drug-likeness (QED) is 0.494. The molecular weight excluding hydrogens is 324 g/mol. The summed E-state index contributed by atoms with van der Waals surface area (Å²) < 4.78 is 31.3. The highest BCUT2D eigenvalue weighted by molar-refractivity contribution is 7.99. The summed E-state index contributed by atoms with van der Waals surface area (Å²) in [7, 11) is 0.127. The molecule has 7 nitrogen and oxygen atoms in total. The summed E-state index contributed by atoms with van der Waals surface area (Å²) in [6, 6.07) is 0. The Bertz CT molecular complexity index is 460. The highest BCUT2D eigenvalue weighted by atomic mass is 32.2. The van der Waals surface area contributed by atoms with Crippen LogP contribution >= 0.6 is 11.8 Å². The molecule has 1 heterocycles.